The van der Waals surface area contributed by atoms with Crippen LogP contribution in [0.25, 0.3) is 0 Å². The highest BCUT2D eigenvalue weighted by Gasteiger charge is 2.37. The number of nitrogens with zero attached hydrogens (tertiary/aromatic N) is 2. The van der Waals surface area contributed by atoms with E-state index in [1.165, 1.54) is 10.5 Å². The summed E-state index contributed by atoms with van der Waals surface area (Å²) in [7, 11) is 0. The van der Waals surface area contributed by atoms with Gasteiger partial charge in [0.1, 0.15) is 0 Å². The molecule has 1 atom stereocenters. The number of rotatable bonds is 6. The third-order valence-electron chi connectivity index (χ3n) is 5.11. The molecule has 0 N–H and O–H groups in total. The first-order valence-corrected chi connectivity index (χ1v) is 9.76. The molecule has 0 fully saturated rings. The van der Waals surface area contributed by atoms with Crippen LogP contribution in [0, 0.1) is 0 Å². The van der Waals surface area contributed by atoms with Crippen molar-refractivity contribution in [2.45, 2.75) is 18.9 Å². The van der Waals surface area contributed by atoms with Gasteiger partial charge in [-0.1, -0.05) is 78.9 Å². The molecule has 0 saturated heterocycles. The number of benzene rings is 3. The summed E-state index contributed by atoms with van der Waals surface area (Å²) in [4.78, 5) is 32.0. The highest BCUT2D eigenvalue weighted by Crippen LogP contribution is 2.29. The van der Waals surface area contributed by atoms with Gasteiger partial charge in [-0.15, -0.1) is 0 Å². The molecule has 0 spiro atoms. The van der Waals surface area contributed by atoms with Crippen LogP contribution < -0.4 is 0 Å². The Morgan fingerprint density at radius 3 is 2.14 bits per heavy atom. The van der Waals surface area contributed by atoms with Crippen molar-refractivity contribution < 1.29 is 9.59 Å². The lowest BCUT2D eigenvalue weighted by molar-refractivity contribution is -0.129. The average molecular weight is 382 g/mol. The molecule has 3 aromatic rings. The molecule has 4 heteroatoms. The monoisotopic (exact) mass is 382 g/mol. The van der Waals surface area contributed by atoms with E-state index in [9.17, 15) is 9.59 Å². The zero-order valence-electron chi connectivity index (χ0n) is 16.1. The lowest BCUT2D eigenvalue weighted by Gasteiger charge is -2.31. The fourth-order valence-electron chi connectivity index (χ4n) is 3.59. The van der Waals surface area contributed by atoms with Crippen molar-refractivity contribution in [1.82, 2.24) is 4.90 Å². The van der Waals surface area contributed by atoms with Gasteiger partial charge in [-0.05, 0) is 29.2 Å². The summed E-state index contributed by atoms with van der Waals surface area (Å²) >= 11 is 0. The average Bonchev–Trinajstić information content (AvgIpc) is 2.77. The molecule has 1 aliphatic rings. The molecule has 144 valence electrons. The normalized spacial score (nSPS) is 16.3. The molecule has 1 heterocycles. The van der Waals surface area contributed by atoms with Gasteiger partial charge in [0.2, 0.25) is 5.91 Å². The lowest BCUT2D eigenvalue weighted by Crippen LogP contribution is -2.44. The van der Waals surface area contributed by atoms with Crippen molar-refractivity contribution in [2.24, 2.45) is 4.99 Å². The largest absolute Gasteiger partial charge is 0.296 e. The van der Waals surface area contributed by atoms with Crippen LogP contribution in [0.15, 0.2) is 89.9 Å². The smallest absolute Gasteiger partial charge is 0.261 e. The van der Waals surface area contributed by atoms with Crippen LogP contribution >= 0.6 is 0 Å². The van der Waals surface area contributed by atoms with Crippen LogP contribution in [0.2, 0.25) is 0 Å². The van der Waals surface area contributed by atoms with Gasteiger partial charge in [-0.3, -0.25) is 19.5 Å². The lowest BCUT2D eigenvalue weighted by atomic mass is 9.89. The molecule has 4 nitrogen and oxygen atoms in total. The summed E-state index contributed by atoms with van der Waals surface area (Å²) in [5.74, 6) is -1.01. The van der Waals surface area contributed by atoms with Gasteiger partial charge < -0.3 is 0 Å². The first kappa shape index (κ1) is 18.8. The molecule has 29 heavy (non-hydrogen) atoms. The molecule has 2 amide bonds. The zero-order valence-corrected chi connectivity index (χ0v) is 16.1. The molecule has 1 unspecified atom stereocenters. The maximum Gasteiger partial charge on any atom is 0.261 e. The number of amides is 2. The first-order valence-electron chi connectivity index (χ1n) is 9.76. The van der Waals surface area contributed by atoms with Crippen molar-refractivity contribution in [3.63, 3.8) is 0 Å². The number of fused-ring (bicyclic) bond motifs is 1. The SMILES string of the molecule is O=C1c2ccccc2C(C=NCCc2ccccc2)C(=O)N1Cc1ccccc1. The standard InChI is InChI=1S/C25H22N2O2/c28-24-22-14-8-7-13-21(22)23(17-26-16-15-19-9-3-1-4-10-19)25(29)27(24)18-20-11-5-2-6-12-20/h1-14,17,23H,15-16,18H2. The molecule has 0 radical (unpaired) electrons. The highest BCUT2D eigenvalue weighted by molar-refractivity contribution is 6.16. The van der Waals surface area contributed by atoms with Crippen LogP contribution in [-0.4, -0.2) is 29.5 Å². The maximum atomic E-state index is 13.2. The zero-order chi connectivity index (χ0) is 20.1. The van der Waals surface area contributed by atoms with Crippen molar-refractivity contribution in [3.8, 4) is 0 Å². The number of carbonyl (C=O) groups excluding carboxylic acids is 2. The van der Waals surface area contributed by atoms with E-state index < -0.39 is 5.92 Å². The van der Waals surface area contributed by atoms with E-state index in [-0.39, 0.29) is 18.4 Å². The van der Waals surface area contributed by atoms with Gasteiger partial charge in [-0.25, -0.2) is 0 Å². The summed E-state index contributed by atoms with van der Waals surface area (Å²) in [6.45, 7) is 0.865. The van der Waals surface area contributed by atoms with E-state index in [1.54, 1.807) is 12.3 Å². The van der Waals surface area contributed by atoms with Crippen molar-refractivity contribution >= 4 is 18.0 Å². The predicted molar refractivity (Wildman–Crippen MR) is 114 cm³/mol. The molecule has 1 aliphatic heterocycles. The van der Waals surface area contributed by atoms with Crippen molar-refractivity contribution in [1.29, 1.82) is 0 Å². The van der Waals surface area contributed by atoms with Crippen LogP contribution in [-0.2, 0) is 17.8 Å². The Balaban J connectivity index is 1.56. The van der Waals surface area contributed by atoms with Gasteiger partial charge in [0.25, 0.3) is 5.91 Å². The number of carbonyl (C=O) groups is 2. The second-order valence-corrected chi connectivity index (χ2v) is 7.07. The highest BCUT2D eigenvalue weighted by atomic mass is 16.2. The number of hydrogen-bond donors (Lipinski definition) is 0. The van der Waals surface area contributed by atoms with Crippen molar-refractivity contribution in [2.75, 3.05) is 6.54 Å². The molecular formula is C25H22N2O2. The summed E-state index contributed by atoms with van der Waals surface area (Å²) in [5.41, 5.74) is 3.44. The molecule has 4 rings (SSSR count). The second kappa shape index (κ2) is 8.65. The summed E-state index contributed by atoms with van der Waals surface area (Å²) in [6.07, 6.45) is 2.51. The molecule has 3 aromatic carbocycles. The first-order chi connectivity index (χ1) is 14.2. The van der Waals surface area contributed by atoms with Crippen molar-refractivity contribution in [3.05, 3.63) is 107 Å². The summed E-state index contributed by atoms with van der Waals surface area (Å²) < 4.78 is 0. The van der Waals surface area contributed by atoms with E-state index >= 15 is 0 Å². The van der Waals surface area contributed by atoms with E-state index in [2.05, 4.69) is 17.1 Å². The third kappa shape index (κ3) is 4.16. The topological polar surface area (TPSA) is 49.7 Å². The minimum Gasteiger partial charge on any atom is -0.296 e. The maximum absolute atomic E-state index is 13.2. The molecule has 0 aliphatic carbocycles. The Morgan fingerprint density at radius 2 is 1.41 bits per heavy atom. The van der Waals surface area contributed by atoms with E-state index in [1.807, 2.05) is 66.7 Å². The van der Waals surface area contributed by atoms with Gasteiger partial charge in [-0.2, -0.15) is 0 Å². The van der Waals surface area contributed by atoms with E-state index in [4.69, 9.17) is 0 Å². The van der Waals surface area contributed by atoms with E-state index in [0.717, 1.165) is 17.5 Å². The predicted octanol–water partition coefficient (Wildman–Crippen LogP) is 4.27. The Hall–Kier alpha value is -3.53. The number of hydrogen-bond acceptors (Lipinski definition) is 3. The Morgan fingerprint density at radius 1 is 0.793 bits per heavy atom. The Labute approximate surface area is 170 Å². The van der Waals surface area contributed by atoms with Crippen LogP contribution in [0.4, 0.5) is 0 Å². The van der Waals surface area contributed by atoms with Crippen LogP contribution in [0.3, 0.4) is 0 Å². The van der Waals surface area contributed by atoms with E-state index in [0.29, 0.717) is 12.1 Å². The Bertz CT molecular complexity index is 1030. The molecular weight excluding hydrogens is 360 g/mol. The number of aliphatic imine (C=N–C) groups is 1. The van der Waals surface area contributed by atoms with Gasteiger partial charge in [0.05, 0.1) is 12.5 Å². The van der Waals surface area contributed by atoms with Gasteiger partial charge in [0.15, 0.2) is 0 Å². The van der Waals surface area contributed by atoms with Gasteiger partial charge in [0, 0.05) is 18.3 Å². The molecule has 0 bridgehead atoms. The fourth-order valence-corrected chi connectivity index (χ4v) is 3.59. The molecule has 0 aromatic heterocycles. The van der Waals surface area contributed by atoms with Gasteiger partial charge >= 0.3 is 0 Å². The Kier molecular flexibility index (Phi) is 5.61. The third-order valence-corrected chi connectivity index (χ3v) is 5.11. The minimum atomic E-state index is -0.539. The number of imide groups is 1. The minimum absolute atomic E-state index is 0.221. The van der Waals surface area contributed by atoms with Crippen LogP contribution in [0.5, 0.6) is 0 Å². The van der Waals surface area contributed by atoms with Crippen LogP contribution in [0.1, 0.15) is 33.0 Å². The fraction of sp³-hybridized carbons (Fsp3) is 0.160. The summed E-state index contributed by atoms with van der Waals surface area (Å²) in [6, 6.07) is 27.0. The molecule has 0 saturated carbocycles. The summed E-state index contributed by atoms with van der Waals surface area (Å²) in [5, 5.41) is 0. The quantitative estimate of drug-likeness (QED) is 0.472. The second-order valence-electron chi connectivity index (χ2n) is 7.07.